The van der Waals surface area contributed by atoms with E-state index in [4.69, 9.17) is 4.98 Å². The summed E-state index contributed by atoms with van der Waals surface area (Å²) in [5, 5.41) is 4.13. The number of fused-ring (bicyclic) bond motifs is 1. The fourth-order valence-corrected chi connectivity index (χ4v) is 4.51. The Morgan fingerprint density at radius 1 is 1.24 bits per heavy atom. The number of aryl methyl sites for hydroxylation is 2. The largest absolute Gasteiger partial charge is 0.338 e. The van der Waals surface area contributed by atoms with Crippen molar-refractivity contribution in [3.63, 3.8) is 0 Å². The van der Waals surface area contributed by atoms with Crippen LogP contribution in [0.15, 0.2) is 17.1 Å². The van der Waals surface area contributed by atoms with Crippen LogP contribution < -0.4 is 15.8 Å². The number of H-pyrrole nitrogens is 1. The van der Waals surface area contributed by atoms with Gasteiger partial charge in [0.25, 0.3) is 5.56 Å². The van der Waals surface area contributed by atoms with Gasteiger partial charge < -0.3 is 20.1 Å². The molecule has 0 radical (unpaired) electrons. The van der Waals surface area contributed by atoms with Gasteiger partial charge in [-0.05, 0) is 39.4 Å². The molecule has 2 N–H and O–H groups in total. The Labute approximate surface area is 174 Å². The van der Waals surface area contributed by atoms with E-state index < -0.39 is 0 Å². The minimum atomic E-state index is -0.100. The molecule has 1 saturated heterocycles. The summed E-state index contributed by atoms with van der Waals surface area (Å²) in [6, 6.07) is 1.82. The fourth-order valence-electron chi connectivity index (χ4n) is 3.47. The monoisotopic (exact) mass is 413 g/mol. The third-order valence-corrected chi connectivity index (χ3v) is 6.64. The fraction of sp³-hybridized carbons (Fsp3) is 0.500. The lowest BCUT2D eigenvalue weighted by Gasteiger charge is -2.32. The quantitative estimate of drug-likeness (QED) is 0.661. The van der Waals surface area contributed by atoms with Crippen LogP contribution in [0.3, 0.4) is 0 Å². The van der Waals surface area contributed by atoms with E-state index in [0.717, 1.165) is 53.1 Å². The molecule has 1 aliphatic rings. The topological polar surface area (TPSA) is 90.0 Å². The van der Waals surface area contributed by atoms with Crippen molar-refractivity contribution in [1.29, 1.82) is 0 Å². The Bertz CT molecular complexity index is 1070. The number of rotatable bonds is 5. The van der Waals surface area contributed by atoms with E-state index in [1.807, 2.05) is 33.0 Å². The summed E-state index contributed by atoms with van der Waals surface area (Å²) in [5.74, 6) is 1.43. The molecule has 8 nitrogen and oxygen atoms in total. The molecule has 0 bridgehead atoms. The van der Waals surface area contributed by atoms with E-state index in [9.17, 15) is 4.79 Å². The predicted octanol–water partition coefficient (Wildman–Crippen LogP) is 1.99. The highest BCUT2D eigenvalue weighted by Crippen LogP contribution is 2.26. The summed E-state index contributed by atoms with van der Waals surface area (Å²) < 4.78 is 0. The molecule has 0 amide bonds. The lowest BCUT2D eigenvalue weighted by Crippen LogP contribution is -2.45. The maximum absolute atomic E-state index is 12.5. The zero-order chi connectivity index (χ0) is 20.5. The number of nitrogens with zero attached hydrogens (tertiary/aromatic N) is 5. The number of nitrogens with one attached hydrogen (secondary N) is 2. The van der Waals surface area contributed by atoms with E-state index in [1.54, 1.807) is 11.3 Å². The second-order valence-corrected chi connectivity index (χ2v) is 8.86. The van der Waals surface area contributed by atoms with Crippen LogP contribution in [0.1, 0.15) is 34.9 Å². The number of aromatic amines is 1. The molecule has 29 heavy (non-hydrogen) atoms. The summed E-state index contributed by atoms with van der Waals surface area (Å²) in [4.78, 5) is 35.7. The van der Waals surface area contributed by atoms with Crippen molar-refractivity contribution in [3.05, 3.63) is 44.6 Å². The maximum atomic E-state index is 12.5. The van der Waals surface area contributed by atoms with Crippen molar-refractivity contribution < 1.29 is 0 Å². The summed E-state index contributed by atoms with van der Waals surface area (Å²) in [7, 11) is 2.13. The van der Waals surface area contributed by atoms with Crippen molar-refractivity contribution in [2.24, 2.45) is 0 Å². The normalized spacial score (nSPS) is 16.5. The molecule has 0 aromatic carbocycles. The molecular formula is C20H27N7OS. The molecule has 1 atom stereocenters. The number of thiophene rings is 1. The number of piperazine rings is 1. The summed E-state index contributed by atoms with van der Waals surface area (Å²) in [6.07, 6.45) is 1.81. The van der Waals surface area contributed by atoms with Gasteiger partial charge in [0.15, 0.2) is 0 Å². The first-order valence-electron chi connectivity index (χ1n) is 9.91. The molecule has 4 rings (SSSR count). The first kappa shape index (κ1) is 19.9. The molecule has 154 valence electrons. The van der Waals surface area contributed by atoms with Gasteiger partial charge in [-0.15, -0.1) is 11.3 Å². The molecule has 9 heteroatoms. The third kappa shape index (κ3) is 4.17. The molecular weight excluding hydrogens is 386 g/mol. The van der Waals surface area contributed by atoms with Crippen LogP contribution in [0.2, 0.25) is 0 Å². The minimum Gasteiger partial charge on any atom is -0.338 e. The minimum absolute atomic E-state index is 0.0695. The Morgan fingerprint density at radius 3 is 2.76 bits per heavy atom. The van der Waals surface area contributed by atoms with Crippen molar-refractivity contribution in [2.45, 2.75) is 33.4 Å². The molecule has 0 spiro atoms. The predicted molar refractivity (Wildman–Crippen MR) is 117 cm³/mol. The highest BCUT2D eigenvalue weighted by molar-refractivity contribution is 7.18. The molecule has 3 aromatic heterocycles. The SMILES string of the molecule is Cc1sc2nc(C(C)NCc3ccnc(N4CCN(C)CC4)n3)[nH]c(=O)c2c1C. The van der Waals surface area contributed by atoms with Crippen LogP contribution in [0.4, 0.5) is 5.95 Å². The zero-order valence-corrected chi connectivity index (χ0v) is 18.1. The van der Waals surface area contributed by atoms with Crippen molar-refractivity contribution in [3.8, 4) is 0 Å². The smallest absolute Gasteiger partial charge is 0.259 e. The van der Waals surface area contributed by atoms with E-state index >= 15 is 0 Å². The number of aromatic nitrogens is 4. The van der Waals surface area contributed by atoms with Gasteiger partial charge in [-0.25, -0.2) is 15.0 Å². The lowest BCUT2D eigenvalue weighted by molar-refractivity contribution is 0.311. The number of hydrogen-bond donors (Lipinski definition) is 2. The Morgan fingerprint density at radius 2 is 2.00 bits per heavy atom. The van der Waals surface area contributed by atoms with Gasteiger partial charge in [0.2, 0.25) is 5.95 Å². The molecule has 0 saturated carbocycles. The summed E-state index contributed by atoms with van der Waals surface area (Å²) >= 11 is 1.57. The summed E-state index contributed by atoms with van der Waals surface area (Å²) in [6.45, 7) is 10.5. The van der Waals surface area contributed by atoms with Gasteiger partial charge in [-0.2, -0.15) is 0 Å². The standard InChI is InChI=1S/C20H27N7OS/c1-12-14(3)29-19-16(12)18(28)24-17(25-19)13(2)22-11-15-5-6-21-20(23-15)27-9-7-26(4)8-10-27/h5-6,13,22H,7-11H2,1-4H3,(H,24,25,28). The molecule has 3 aromatic rings. The summed E-state index contributed by atoms with van der Waals surface area (Å²) in [5.41, 5.74) is 1.87. The van der Waals surface area contributed by atoms with E-state index in [2.05, 4.69) is 37.1 Å². The van der Waals surface area contributed by atoms with Crippen molar-refractivity contribution >= 4 is 27.5 Å². The Kier molecular flexibility index (Phi) is 5.62. The molecule has 1 aliphatic heterocycles. The zero-order valence-electron chi connectivity index (χ0n) is 17.3. The van der Waals surface area contributed by atoms with Gasteiger partial charge in [0.1, 0.15) is 10.7 Å². The average molecular weight is 414 g/mol. The van der Waals surface area contributed by atoms with Gasteiger partial charge in [-0.3, -0.25) is 4.79 Å². The van der Waals surface area contributed by atoms with Crippen LogP contribution in [-0.4, -0.2) is 58.1 Å². The highest BCUT2D eigenvalue weighted by atomic mass is 32.1. The van der Waals surface area contributed by atoms with Gasteiger partial charge in [-0.1, -0.05) is 0 Å². The van der Waals surface area contributed by atoms with Gasteiger partial charge in [0, 0.05) is 43.8 Å². The van der Waals surface area contributed by atoms with Crippen LogP contribution >= 0.6 is 11.3 Å². The van der Waals surface area contributed by atoms with Crippen LogP contribution in [0, 0.1) is 13.8 Å². The maximum Gasteiger partial charge on any atom is 0.259 e. The number of likely N-dealkylation sites (N-methyl/N-ethyl adjacent to an activating group) is 1. The Balaban J connectivity index is 1.46. The van der Waals surface area contributed by atoms with Crippen LogP contribution in [-0.2, 0) is 6.54 Å². The van der Waals surface area contributed by atoms with E-state index in [1.165, 1.54) is 0 Å². The highest BCUT2D eigenvalue weighted by Gasteiger charge is 2.18. The number of hydrogen-bond acceptors (Lipinski definition) is 8. The molecule has 0 aliphatic carbocycles. The average Bonchev–Trinajstić information content (AvgIpc) is 3.01. The van der Waals surface area contributed by atoms with Gasteiger partial charge >= 0.3 is 0 Å². The van der Waals surface area contributed by atoms with E-state index in [0.29, 0.717) is 17.8 Å². The van der Waals surface area contributed by atoms with Crippen LogP contribution in [0.25, 0.3) is 10.2 Å². The first-order valence-corrected chi connectivity index (χ1v) is 10.7. The molecule has 1 unspecified atom stereocenters. The van der Waals surface area contributed by atoms with Crippen molar-refractivity contribution in [2.75, 3.05) is 38.1 Å². The lowest BCUT2D eigenvalue weighted by atomic mass is 10.2. The third-order valence-electron chi connectivity index (χ3n) is 5.54. The first-order chi connectivity index (χ1) is 13.9. The van der Waals surface area contributed by atoms with E-state index in [-0.39, 0.29) is 11.6 Å². The van der Waals surface area contributed by atoms with Crippen LogP contribution in [0.5, 0.6) is 0 Å². The number of anilines is 1. The molecule has 4 heterocycles. The second kappa shape index (κ2) is 8.17. The second-order valence-electron chi connectivity index (χ2n) is 7.66. The van der Waals surface area contributed by atoms with Crippen molar-refractivity contribution in [1.82, 2.24) is 30.2 Å². The molecule has 1 fully saturated rings. The van der Waals surface area contributed by atoms with Gasteiger partial charge in [0.05, 0.1) is 17.1 Å². The Hall–Kier alpha value is -2.36.